The standard InChI is InChI=1S/C30H29F2N3O5/c1-37-21-8-4-19(5-9-21)14-34(15-20-6-10-22(38-2)11-7-20)24-13-12-23(31)27(28(24)32)26-16-35-18-33-29(30(36)39-3)25(35)17-40-26/h4-13,18,26H,14-17H2,1-3H3. The Labute approximate surface area is 230 Å². The van der Waals surface area contributed by atoms with Gasteiger partial charge in [0.2, 0.25) is 0 Å². The highest BCUT2D eigenvalue weighted by molar-refractivity contribution is 5.88. The molecule has 0 N–H and O–H groups in total. The molecular weight excluding hydrogens is 520 g/mol. The van der Waals surface area contributed by atoms with Crippen LogP contribution in [0.5, 0.6) is 11.5 Å². The van der Waals surface area contributed by atoms with Crippen LogP contribution in [-0.2, 0) is 35.7 Å². The van der Waals surface area contributed by atoms with Gasteiger partial charge >= 0.3 is 5.97 Å². The molecule has 5 rings (SSSR count). The lowest BCUT2D eigenvalue weighted by Gasteiger charge is -2.30. The topological polar surface area (TPSA) is 75.0 Å². The largest absolute Gasteiger partial charge is 0.497 e. The molecule has 0 amide bonds. The van der Waals surface area contributed by atoms with Gasteiger partial charge in [-0.15, -0.1) is 0 Å². The van der Waals surface area contributed by atoms with Gasteiger partial charge in [-0.3, -0.25) is 0 Å². The SMILES string of the molecule is COC(=O)c1ncn2c1COC(c1c(F)ccc(N(Cc3ccc(OC)cc3)Cc3ccc(OC)cc3)c1F)C2. The number of imidazole rings is 1. The van der Waals surface area contributed by atoms with Crippen LogP contribution < -0.4 is 14.4 Å². The summed E-state index contributed by atoms with van der Waals surface area (Å²) in [7, 11) is 4.45. The van der Waals surface area contributed by atoms with Crippen LogP contribution >= 0.6 is 0 Å². The van der Waals surface area contributed by atoms with Crippen LogP contribution in [0.1, 0.15) is 39.0 Å². The minimum Gasteiger partial charge on any atom is -0.497 e. The van der Waals surface area contributed by atoms with E-state index < -0.39 is 23.7 Å². The molecule has 1 aromatic heterocycles. The van der Waals surface area contributed by atoms with Crippen LogP contribution in [0.2, 0.25) is 0 Å². The number of hydrogen-bond donors (Lipinski definition) is 0. The molecule has 1 aliphatic rings. The summed E-state index contributed by atoms with van der Waals surface area (Å²) < 4.78 is 54.3. The van der Waals surface area contributed by atoms with Crippen LogP contribution in [0.3, 0.4) is 0 Å². The van der Waals surface area contributed by atoms with E-state index in [0.717, 1.165) is 11.1 Å². The first-order valence-electron chi connectivity index (χ1n) is 12.6. The number of benzene rings is 3. The molecule has 40 heavy (non-hydrogen) atoms. The van der Waals surface area contributed by atoms with Gasteiger partial charge in [0, 0.05) is 13.1 Å². The molecule has 4 aromatic rings. The number of carbonyl (C=O) groups is 1. The summed E-state index contributed by atoms with van der Waals surface area (Å²) in [4.78, 5) is 18.0. The normalized spacial score (nSPS) is 14.4. The second-order valence-electron chi connectivity index (χ2n) is 9.33. The van der Waals surface area contributed by atoms with E-state index >= 15 is 8.78 Å². The molecule has 0 saturated heterocycles. The Balaban J connectivity index is 1.48. The maximum atomic E-state index is 16.3. The molecule has 8 nitrogen and oxygen atoms in total. The fourth-order valence-corrected chi connectivity index (χ4v) is 4.80. The van der Waals surface area contributed by atoms with Crippen LogP contribution in [0.25, 0.3) is 0 Å². The summed E-state index contributed by atoms with van der Waals surface area (Å²) in [6.45, 7) is 0.766. The van der Waals surface area contributed by atoms with Gasteiger partial charge in [0.25, 0.3) is 0 Å². The van der Waals surface area contributed by atoms with Gasteiger partial charge in [0.15, 0.2) is 11.5 Å². The van der Waals surface area contributed by atoms with Gasteiger partial charge in [-0.25, -0.2) is 18.6 Å². The number of fused-ring (bicyclic) bond motifs is 1. The van der Waals surface area contributed by atoms with Crippen molar-refractivity contribution in [2.24, 2.45) is 0 Å². The number of methoxy groups -OCH3 is 3. The highest BCUT2D eigenvalue weighted by Crippen LogP contribution is 2.36. The molecule has 2 heterocycles. The number of nitrogens with zero attached hydrogens (tertiary/aromatic N) is 3. The molecule has 0 spiro atoms. The number of aromatic nitrogens is 2. The second kappa shape index (κ2) is 11.7. The van der Waals surface area contributed by atoms with Gasteiger partial charge in [0.05, 0.1) is 57.8 Å². The molecule has 0 bridgehead atoms. The molecular formula is C30H29F2N3O5. The van der Waals surface area contributed by atoms with Crippen molar-refractivity contribution in [1.82, 2.24) is 9.55 Å². The highest BCUT2D eigenvalue weighted by Gasteiger charge is 2.31. The maximum absolute atomic E-state index is 16.3. The van der Waals surface area contributed by atoms with Gasteiger partial charge < -0.3 is 28.4 Å². The van der Waals surface area contributed by atoms with E-state index in [1.165, 1.54) is 25.6 Å². The average Bonchev–Trinajstić information content (AvgIpc) is 3.41. The third-order valence-electron chi connectivity index (χ3n) is 6.94. The van der Waals surface area contributed by atoms with Crippen molar-refractivity contribution < 1.29 is 32.5 Å². The summed E-state index contributed by atoms with van der Waals surface area (Å²) in [5.41, 5.74) is 2.53. The van der Waals surface area contributed by atoms with Crippen LogP contribution in [0.4, 0.5) is 14.5 Å². The fraction of sp³-hybridized carbons (Fsp3) is 0.267. The number of hydrogen-bond acceptors (Lipinski definition) is 7. The fourth-order valence-electron chi connectivity index (χ4n) is 4.80. The molecule has 0 saturated carbocycles. The lowest BCUT2D eigenvalue weighted by molar-refractivity contribution is -0.00207. The number of esters is 1. The molecule has 10 heteroatoms. The van der Waals surface area contributed by atoms with Gasteiger partial charge in [-0.05, 0) is 47.5 Å². The molecule has 1 atom stereocenters. The zero-order chi connectivity index (χ0) is 28.2. The van der Waals surface area contributed by atoms with Gasteiger partial charge in [-0.2, -0.15) is 0 Å². The quantitative estimate of drug-likeness (QED) is 0.257. The number of anilines is 1. The van der Waals surface area contributed by atoms with Crippen LogP contribution in [-0.4, -0.2) is 36.8 Å². The van der Waals surface area contributed by atoms with E-state index in [0.29, 0.717) is 30.3 Å². The molecule has 0 radical (unpaired) electrons. The third kappa shape index (κ3) is 5.48. The molecule has 1 unspecified atom stereocenters. The van der Waals surface area contributed by atoms with Crippen molar-refractivity contribution in [2.75, 3.05) is 26.2 Å². The van der Waals surface area contributed by atoms with Crippen LogP contribution in [0.15, 0.2) is 67.0 Å². The Hall–Kier alpha value is -4.44. The van der Waals surface area contributed by atoms with Crippen molar-refractivity contribution in [1.29, 1.82) is 0 Å². The Morgan fingerprint density at radius 3 is 2.10 bits per heavy atom. The van der Waals surface area contributed by atoms with Crippen molar-refractivity contribution in [2.45, 2.75) is 32.3 Å². The third-order valence-corrected chi connectivity index (χ3v) is 6.94. The minimum absolute atomic E-state index is 0.0420. The predicted octanol–water partition coefficient (Wildman–Crippen LogP) is 5.44. The maximum Gasteiger partial charge on any atom is 0.358 e. The number of halogens is 2. The Kier molecular flexibility index (Phi) is 7.97. The van der Waals surface area contributed by atoms with Crippen molar-refractivity contribution in [3.05, 3.63) is 107 Å². The van der Waals surface area contributed by atoms with Gasteiger partial charge in [-0.1, -0.05) is 24.3 Å². The van der Waals surface area contributed by atoms with E-state index in [9.17, 15) is 4.79 Å². The second-order valence-corrected chi connectivity index (χ2v) is 9.33. The Morgan fingerprint density at radius 2 is 1.55 bits per heavy atom. The van der Waals surface area contributed by atoms with E-state index in [-0.39, 0.29) is 30.1 Å². The van der Waals surface area contributed by atoms with Crippen molar-refractivity contribution in [3.63, 3.8) is 0 Å². The lowest BCUT2D eigenvalue weighted by Crippen LogP contribution is -2.26. The molecule has 0 aliphatic carbocycles. The number of carbonyl (C=O) groups excluding carboxylic acids is 1. The minimum atomic E-state index is -0.920. The van der Waals surface area contributed by atoms with E-state index in [1.807, 2.05) is 53.4 Å². The van der Waals surface area contributed by atoms with Crippen molar-refractivity contribution >= 4 is 11.7 Å². The first-order valence-corrected chi connectivity index (χ1v) is 12.6. The Morgan fingerprint density at radius 1 is 0.950 bits per heavy atom. The molecule has 1 aliphatic heterocycles. The predicted molar refractivity (Wildman–Crippen MR) is 143 cm³/mol. The average molecular weight is 550 g/mol. The van der Waals surface area contributed by atoms with Crippen molar-refractivity contribution in [3.8, 4) is 11.5 Å². The summed E-state index contributed by atoms with van der Waals surface area (Å²) in [6.07, 6.45) is 0.534. The summed E-state index contributed by atoms with van der Waals surface area (Å²) >= 11 is 0. The Bertz CT molecular complexity index is 1440. The van der Waals surface area contributed by atoms with E-state index in [4.69, 9.17) is 18.9 Å². The zero-order valence-electron chi connectivity index (χ0n) is 22.4. The smallest absolute Gasteiger partial charge is 0.358 e. The monoisotopic (exact) mass is 549 g/mol. The molecule has 208 valence electrons. The molecule has 0 fully saturated rings. The first kappa shape index (κ1) is 27.1. The highest BCUT2D eigenvalue weighted by atomic mass is 19.1. The summed E-state index contributed by atoms with van der Waals surface area (Å²) in [5, 5.41) is 0. The number of ether oxygens (including phenoxy) is 4. The number of rotatable bonds is 9. The van der Waals surface area contributed by atoms with Crippen LogP contribution in [0, 0.1) is 11.6 Å². The summed E-state index contributed by atoms with van der Waals surface area (Å²) in [6, 6.07) is 17.7. The van der Waals surface area contributed by atoms with E-state index in [1.54, 1.807) is 18.8 Å². The van der Waals surface area contributed by atoms with E-state index in [2.05, 4.69) is 4.98 Å². The zero-order valence-corrected chi connectivity index (χ0v) is 22.4. The first-order chi connectivity index (χ1) is 19.4. The lowest BCUT2D eigenvalue weighted by atomic mass is 10.0. The molecule has 3 aromatic carbocycles. The summed E-state index contributed by atoms with van der Waals surface area (Å²) in [5.74, 6) is -0.586. The van der Waals surface area contributed by atoms with Gasteiger partial charge in [0.1, 0.15) is 23.4 Å².